The molecule has 0 saturated heterocycles. The first-order chi connectivity index (χ1) is 10.1. The fraction of sp³-hybridized carbons (Fsp3) is 0.235. The number of hydrogen-bond acceptors (Lipinski definition) is 2. The molecule has 2 aromatic carbocycles. The molecule has 0 aliphatic rings. The molecule has 0 aliphatic carbocycles. The summed E-state index contributed by atoms with van der Waals surface area (Å²) in [5.41, 5.74) is 0.854. The molecule has 4 heteroatoms. The van der Waals surface area contributed by atoms with E-state index >= 15 is 0 Å². The molecule has 110 valence electrons. The third-order valence-electron chi connectivity index (χ3n) is 3.03. The van der Waals surface area contributed by atoms with Crippen LogP contribution in [0, 0.1) is 5.82 Å². The van der Waals surface area contributed by atoms with Gasteiger partial charge in [-0.2, -0.15) is 0 Å². The first-order valence-corrected chi connectivity index (χ1v) is 6.89. The Balaban J connectivity index is 1.76. The Morgan fingerprint density at radius 2 is 1.95 bits per heavy atom. The van der Waals surface area contributed by atoms with E-state index in [4.69, 9.17) is 4.74 Å². The van der Waals surface area contributed by atoms with Gasteiger partial charge >= 0.3 is 0 Å². The third kappa shape index (κ3) is 4.91. The lowest BCUT2D eigenvalue weighted by Gasteiger charge is -2.14. The van der Waals surface area contributed by atoms with Gasteiger partial charge in [0.1, 0.15) is 11.6 Å². The van der Waals surface area contributed by atoms with Gasteiger partial charge in [0.05, 0.1) is 0 Å². The summed E-state index contributed by atoms with van der Waals surface area (Å²) in [6.45, 7) is 2.15. The molecular weight excluding hydrogens is 269 g/mol. The van der Waals surface area contributed by atoms with Crippen molar-refractivity contribution >= 4 is 5.91 Å². The Bertz CT molecular complexity index is 586. The molecule has 21 heavy (non-hydrogen) atoms. The number of nitrogens with one attached hydrogen (secondary N) is 1. The molecule has 2 rings (SSSR count). The van der Waals surface area contributed by atoms with E-state index in [1.807, 2.05) is 24.3 Å². The van der Waals surface area contributed by atoms with Gasteiger partial charge in [0.15, 0.2) is 6.10 Å². The van der Waals surface area contributed by atoms with Crippen molar-refractivity contribution < 1.29 is 13.9 Å². The van der Waals surface area contributed by atoms with Crippen LogP contribution in [-0.2, 0) is 11.2 Å². The second-order valence-corrected chi connectivity index (χ2v) is 4.74. The van der Waals surface area contributed by atoms with Crippen LogP contribution in [-0.4, -0.2) is 18.6 Å². The van der Waals surface area contributed by atoms with E-state index in [0.717, 1.165) is 5.56 Å². The van der Waals surface area contributed by atoms with Crippen LogP contribution >= 0.6 is 0 Å². The summed E-state index contributed by atoms with van der Waals surface area (Å²) in [6, 6.07) is 15.6. The highest BCUT2D eigenvalue weighted by Crippen LogP contribution is 2.10. The minimum Gasteiger partial charge on any atom is -0.481 e. The predicted molar refractivity (Wildman–Crippen MR) is 79.6 cm³/mol. The number of rotatable bonds is 6. The van der Waals surface area contributed by atoms with Crippen molar-refractivity contribution in [2.45, 2.75) is 19.4 Å². The molecule has 0 aromatic heterocycles. The van der Waals surface area contributed by atoms with E-state index in [0.29, 0.717) is 18.7 Å². The molecular formula is C17H18FNO2. The van der Waals surface area contributed by atoms with Gasteiger partial charge in [-0.25, -0.2) is 4.39 Å². The van der Waals surface area contributed by atoms with Crippen LogP contribution in [0.2, 0.25) is 0 Å². The molecule has 1 amide bonds. The number of amides is 1. The van der Waals surface area contributed by atoms with E-state index in [-0.39, 0.29) is 11.7 Å². The van der Waals surface area contributed by atoms with Gasteiger partial charge < -0.3 is 10.1 Å². The van der Waals surface area contributed by atoms with Gasteiger partial charge in [-0.1, -0.05) is 30.3 Å². The van der Waals surface area contributed by atoms with E-state index in [1.54, 1.807) is 25.1 Å². The number of carbonyl (C=O) groups is 1. The van der Waals surface area contributed by atoms with Crippen molar-refractivity contribution in [3.05, 3.63) is 66.0 Å². The molecule has 0 heterocycles. The van der Waals surface area contributed by atoms with Crippen LogP contribution in [0.4, 0.5) is 4.39 Å². The third-order valence-corrected chi connectivity index (χ3v) is 3.03. The largest absolute Gasteiger partial charge is 0.481 e. The topological polar surface area (TPSA) is 38.3 Å². The smallest absolute Gasteiger partial charge is 0.260 e. The standard InChI is InChI=1S/C17H18FNO2/c1-13(21-16-8-3-2-4-9-16)17(20)19-11-10-14-6-5-7-15(18)12-14/h2-9,12-13H,10-11H2,1H3,(H,19,20). The number of carbonyl (C=O) groups excluding carboxylic acids is 1. The van der Waals surface area contributed by atoms with Gasteiger partial charge in [0, 0.05) is 6.54 Å². The fourth-order valence-corrected chi connectivity index (χ4v) is 1.92. The van der Waals surface area contributed by atoms with Gasteiger partial charge in [-0.05, 0) is 43.2 Å². The molecule has 0 spiro atoms. The number of benzene rings is 2. The lowest BCUT2D eigenvalue weighted by atomic mass is 10.1. The van der Waals surface area contributed by atoms with Gasteiger partial charge in [-0.3, -0.25) is 4.79 Å². The lowest BCUT2D eigenvalue weighted by Crippen LogP contribution is -2.37. The first kappa shape index (κ1) is 15.0. The van der Waals surface area contributed by atoms with E-state index in [1.165, 1.54) is 12.1 Å². The monoisotopic (exact) mass is 287 g/mol. The maximum Gasteiger partial charge on any atom is 0.260 e. The highest BCUT2D eigenvalue weighted by Gasteiger charge is 2.13. The molecule has 1 N–H and O–H groups in total. The zero-order valence-corrected chi connectivity index (χ0v) is 11.9. The molecule has 0 saturated carbocycles. The summed E-state index contributed by atoms with van der Waals surface area (Å²) in [6.07, 6.45) is 0.0153. The molecule has 0 aliphatic heterocycles. The highest BCUT2D eigenvalue weighted by molar-refractivity contribution is 5.80. The van der Waals surface area contributed by atoms with Crippen molar-refractivity contribution in [1.82, 2.24) is 5.32 Å². The Morgan fingerprint density at radius 1 is 1.19 bits per heavy atom. The summed E-state index contributed by atoms with van der Waals surface area (Å²) in [4.78, 5) is 11.9. The summed E-state index contributed by atoms with van der Waals surface area (Å²) in [7, 11) is 0. The average Bonchev–Trinajstić information content (AvgIpc) is 2.48. The number of hydrogen-bond donors (Lipinski definition) is 1. The molecule has 0 radical (unpaired) electrons. The lowest BCUT2D eigenvalue weighted by molar-refractivity contribution is -0.127. The molecule has 0 fully saturated rings. The van der Waals surface area contributed by atoms with Crippen molar-refractivity contribution in [2.75, 3.05) is 6.54 Å². The Morgan fingerprint density at radius 3 is 2.67 bits per heavy atom. The summed E-state index contributed by atoms with van der Waals surface area (Å²) < 4.78 is 18.5. The zero-order valence-electron chi connectivity index (χ0n) is 11.9. The first-order valence-electron chi connectivity index (χ1n) is 6.89. The summed E-state index contributed by atoms with van der Waals surface area (Å²) >= 11 is 0. The van der Waals surface area contributed by atoms with Gasteiger partial charge in [0.2, 0.25) is 0 Å². The highest BCUT2D eigenvalue weighted by atomic mass is 19.1. The zero-order chi connectivity index (χ0) is 15.1. The SMILES string of the molecule is CC(Oc1ccccc1)C(=O)NCCc1cccc(F)c1. The Labute approximate surface area is 123 Å². The van der Waals surface area contributed by atoms with Crippen LogP contribution in [0.1, 0.15) is 12.5 Å². The molecule has 2 aromatic rings. The van der Waals surface area contributed by atoms with Crippen molar-refractivity contribution in [2.24, 2.45) is 0 Å². The molecule has 1 atom stereocenters. The van der Waals surface area contributed by atoms with Crippen LogP contribution in [0.5, 0.6) is 5.75 Å². The second kappa shape index (κ2) is 7.43. The molecule has 3 nitrogen and oxygen atoms in total. The molecule has 1 unspecified atom stereocenters. The van der Waals surface area contributed by atoms with Crippen LogP contribution in [0.25, 0.3) is 0 Å². The quantitative estimate of drug-likeness (QED) is 0.887. The van der Waals surface area contributed by atoms with Gasteiger partial charge in [-0.15, -0.1) is 0 Å². The van der Waals surface area contributed by atoms with Crippen molar-refractivity contribution in [1.29, 1.82) is 0 Å². The predicted octanol–water partition coefficient (Wildman–Crippen LogP) is 2.95. The minimum absolute atomic E-state index is 0.185. The van der Waals surface area contributed by atoms with E-state index in [9.17, 15) is 9.18 Å². The van der Waals surface area contributed by atoms with E-state index in [2.05, 4.69) is 5.32 Å². The van der Waals surface area contributed by atoms with Crippen LogP contribution in [0.15, 0.2) is 54.6 Å². The van der Waals surface area contributed by atoms with Crippen molar-refractivity contribution in [3.63, 3.8) is 0 Å². The van der Waals surface area contributed by atoms with E-state index < -0.39 is 6.10 Å². The fourth-order valence-electron chi connectivity index (χ4n) is 1.92. The summed E-state index contributed by atoms with van der Waals surface area (Å²) in [5.74, 6) is 0.208. The Hall–Kier alpha value is -2.36. The number of para-hydroxylation sites is 1. The average molecular weight is 287 g/mol. The normalized spacial score (nSPS) is 11.7. The number of halogens is 1. The summed E-state index contributed by atoms with van der Waals surface area (Å²) in [5, 5.41) is 2.78. The maximum absolute atomic E-state index is 13.0. The van der Waals surface area contributed by atoms with Crippen LogP contribution < -0.4 is 10.1 Å². The van der Waals surface area contributed by atoms with Gasteiger partial charge in [0.25, 0.3) is 5.91 Å². The molecule has 0 bridgehead atoms. The minimum atomic E-state index is -0.570. The van der Waals surface area contributed by atoms with Crippen LogP contribution in [0.3, 0.4) is 0 Å². The second-order valence-electron chi connectivity index (χ2n) is 4.74. The maximum atomic E-state index is 13.0. The number of ether oxygens (including phenoxy) is 1. The van der Waals surface area contributed by atoms with Crippen molar-refractivity contribution in [3.8, 4) is 5.75 Å². The Kier molecular flexibility index (Phi) is 5.32.